The Morgan fingerprint density at radius 3 is 2.64 bits per heavy atom. The number of nitrogens with one attached hydrogen (secondary N) is 2. The van der Waals surface area contributed by atoms with Gasteiger partial charge in [0.15, 0.2) is 10.6 Å². The van der Waals surface area contributed by atoms with Gasteiger partial charge in [-0.05, 0) is 49.3 Å². The Hall–Kier alpha value is -2.36. The van der Waals surface area contributed by atoms with Crippen molar-refractivity contribution in [2.75, 3.05) is 36.4 Å². The Labute approximate surface area is 173 Å². The number of quaternary nitrogens is 1. The van der Waals surface area contributed by atoms with Crippen molar-refractivity contribution in [3.8, 4) is 0 Å². The fourth-order valence-electron chi connectivity index (χ4n) is 3.31. The van der Waals surface area contributed by atoms with E-state index in [9.17, 15) is 0 Å². The number of nitrogens with zero attached hydrogens (tertiary/aromatic N) is 5. The van der Waals surface area contributed by atoms with Crippen LogP contribution in [-0.2, 0) is 6.67 Å². The van der Waals surface area contributed by atoms with E-state index in [1.807, 2.05) is 10.7 Å². The first-order valence-electron chi connectivity index (χ1n) is 9.37. The van der Waals surface area contributed by atoms with Crippen molar-refractivity contribution < 1.29 is 4.90 Å². The number of benzene rings is 1. The van der Waals surface area contributed by atoms with Gasteiger partial charge in [-0.3, -0.25) is 0 Å². The molecular formula is C19H24N7S2+. The van der Waals surface area contributed by atoms with E-state index in [-0.39, 0.29) is 0 Å². The molecule has 4 rings (SSSR count). The van der Waals surface area contributed by atoms with Crippen LogP contribution in [0.15, 0.2) is 36.7 Å². The van der Waals surface area contributed by atoms with Crippen molar-refractivity contribution in [1.82, 2.24) is 19.7 Å². The summed E-state index contributed by atoms with van der Waals surface area (Å²) in [5.74, 6) is 0.812. The van der Waals surface area contributed by atoms with Crippen molar-refractivity contribution in [2.24, 2.45) is 0 Å². The van der Waals surface area contributed by atoms with Gasteiger partial charge in [0.1, 0.15) is 0 Å². The van der Waals surface area contributed by atoms with Crippen molar-refractivity contribution in [3.63, 3.8) is 0 Å². The third-order valence-electron chi connectivity index (χ3n) is 5.13. The molecule has 3 aromatic rings. The SMILES string of the molecule is Cc1cccc(Nc2nn(C[NH+]3CCN(c4ncccn4)CC3)c(=S)s2)c1C. The van der Waals surface area contributed by atoms with Crippen LogP contribution in [-0.4, -0.2) is 45.9 Å². The maximum atomic E-state index is 5.55. The minimum atomic E-state index is 0.785. The highest BCUT2D eigenvalue weighted by molar-refractivity contribution is 7.73. The third-order valence-corrected chi connectivity index (χ3v) is 6.35. The lowest BCUT2D eigenvalue weighted by molar-refractivity contribution is -0.924. The van der Waals surface area contributed by atoms with Crippen LogP contribution in [0.2, 0.25) is 0 Å². The number of aryl methyl sites for hydroxylation is 1. The van der Waals surface area contributed by atoms with E-state index in [4.69, 9.17) is 17.3 Å². The number of piperazine rings is 1. The maximum Gasteiger partial charge on any atom is 0.225 e. The molecule has 0 saturated carbocycles. The summed E-state index contributed by atoms with van der Waals surface area (Å²) in [5, 5.41) is 8.98. The van der Waals surface area contributed by atoms with Crippen molar-refractivity contribution in [2.45, 2.75) is 20.5 Å². The molecule has 2 aromatic heterocycles. The van der Waals surface area contributed by atoms with Gasteiger partial charge >= 0.3 is 0 Å². The van der Waals surface area contributed by atoms with Gasteiger partial charge in [-0.1, -0.05) is 23.5 Å². The monoisotopic (exact) mass is 414 g/mol. The lowest BCUT2D eigenvalue weighted by atomic mass is 10.1. The zero-order chi connectivity index (χ0) is 19.5. The molecule has 1 saturated heterocycles. The Morgan fingerprint density at radius 1 is 1.14 bits per heavy atom. The highest BCUT2D eigenvalue weighted by atomic mass is 32.1. The first-order chi connectivity index (χ1) is 13.6. The standard InChI is InChI=1S/C19H23N7S2/c1-14-5-3-6-16(15(14)2)22-18-23-26(19(27)28-18)13-24-9-11-25(12-10-24)17-20-7-4-8-21-17/h3-8H,9-13H2,1-2H3,(H,22,23)/p+1. The van der Waals surface area contributed by atoms with Crippen LogP contribution in [0.25, 0.3) is 0 Å². The maximum absolute atomic E-state index is 5.55. The minimum Gasteiger partial charge on any atom is -0.330 e. The molecule has 0 spiro atoms. The average molecular weight is 415 g/mol. The summed E-state index contributed by atoms with van der Waals surface area (Å²) in [6.45, 7) is 8.91. The molecule has 146 valence electrons. The summed E-state index contributed by atoms with van der Waals surface area (Å²) < 4.78 is 2.74. The van der Waals surface area contributed by atoms with Crippen molar-refractivity contribution in [1.29, 1.82) is 0 Å². The van der Waals surface area contributed by atoms with E-state index >= 15 is 0 Å². The molecule has 3 heterocycles. The number of rotatable bonds is 5. The van der Waals surface area contributed by atoms with Gasteiger partial charge in [-0.25, -0.2) is 9.97 Å². The highest BCUT2D eigenvalue weighted by Gasteiger charge is 2.22. The Kier molecular flexibility index (Phi) is 5.65. The first kappa shape index (κ1) is 19.0. The van der Waals surface area contributed by atoms with Crippen molar-refractivity contribution >= 4 is 40.3 Å². The summed E-state index contributed by atoms with van der Waals surface area (Å²) in [7, 11) is 0. The predicted molar refractivity (Wildman–Crippen MR) is 115 cm³/mol. The van der Waals surface area contributed by atoms with Gasteiger partial charge < -0.3 is 15.1 Å². The van der Waals surface area contributed by atoms with Gasteiger partial charge in [0.25, 0.3) is 0 Å². The Balaban J connectivity index is 1.38. The third kappa shape index (κ3) is 4.21. The second-order valence-corrected chi connectivity index (χ2v) is 8.61. The van der Waals surface area contributed by atoms with E-state index < -0.39 is 0 Å². The van der Waals surface area contributed by atoms with E-state index in [1.165, 1.54) is 27.4 Å². The molecule has 0 radical (unpaired) electrons. The van der Waals surface area contributed by atoms with Crippen molar-refractivity contribution in [3.05, 3.63) is 51.7 Å². The quantitative estimate of drug-likeness (QED) is 0.624. The zero-order valence-corrected chi connectivity index (χ0v) is 17.7. The van der Waals surface area contributed by atoms with Crippen LogP contribution in [0.1, 0.15) is 11.1 Å². The molecular weight excluding hydrogens is 390 g/mol. The normalized spacial score (nSPS) is 15.0. The number of hydrogen-bond acceptors (Lipinski definition) is 7. The van der Waals surface area contributed by atoms with Gasteiger partial charge in [0, 0.05) is 18.1 Å². The molecule has 0 atom stereocenters. The average Bonchev–Trinajstić information content (AvgIpc) is 3.05. The van der Waals surface area contributed by atoms with Crippen LogP contribution in [0, 0.1) is 17.8 Å². The summed E-state index contributed by atoms with van der Waals surface area (Å²) in [6.07, 6.45) is 3.58. The lowest BCUT2D eigenvalue weighted by Gasteiger charge is -2.31. The van der Waals surface area contributed by atoms with E-state index in [1.54, 1.807) is 12.4 Å². The predicted octanol–water partition coefficient (Wildman–Crippen LogP) is 2.19. The molecule has 1 aliphatic heterocycles. The summed E-state index contributed by atoms with van der Waals surface area (Å²) in [5.41, 5.74) is 3.58. The van der Waals surface area contributed by atoms with E-state index in [0.29, 0.717) is 0 Å². The lowest BCUT2D eigenvalue weighted by Crippen LogP contribution is -3.14. The molecule has 0 amide bonds. The first-order valence-corrected chi connectivity index (χ1v) is 10.6. The molecule has 0 bridgehead atoms. The molecule has 2 N–H and O–H groups in total. The minimum absolute atomic E-state index is 0.785. The zero-order valence-electron chi connectivity index (χ0n) is 16.1. The fourth-order valence-corrected chi connectivity index (χ4v) is 4.32. The number of hydrogen-bond donors (Lipinski definition) is 2. The van der Waals surface area contributed by atoms with E-state index in [2.05, 4.69) is 52.2 Å². The number of anilines is 3. The second kappa shape index (κ2) is 8.34. The molecule has 0 aliphatic carbocycles. The van der Waals surface area contributed by atoms with Gasteiger partial charge in [0.05, 0.1) is 26.2 Å². The molecule has 1 aromatic carbocycles. The molecule has 1 aliphatic rings. The molecule has 9 heteroatoms. The molecule has 7 nitrogen and oxygen atoms in total. The summed E-state index contributed by atoms with van der Waals surface area (Å²) in [6, 6.07) is 8.09. The van der Waals surface area contributed by atoms with Crippen LogP contribution in [0.3, 0.4) is 0 Å². The highest BCUT2D eigenvalue weighted by Crippen LogP contribution is 2.24. The Morgan fingerprint density at radius 2 is 1.89 bits per heavy atom. The fraction of sp³-hybridized carbons (Fsp3) is 0.368. The molecule has 0 unspecified atom stereocenters. The van der Waals surface area contributed by atoms with Crippen LogP contribution in [0.4, 0.5) is 16.8 Å². The second-order valence-electron chi connectivity index (χ2n) is 6.99. The smallest absolute Gasteiger partial charge is 0.225 e. The summed E-state index contributed by atoms with van der Waals surface area (Å²) in [4.78, 5) is 12.4. The van der Waals surface area contributed by atoms with Crippen LogP contribution < -0.4 is 15.1 Å². The largest absolute Gasteiger partial charge is 0.330 e. The number of aromatic nitrogens is 4. The Bertz CT molecular complexity index is 991. The van der Waals surface area contributed by atoms with Gasteiger partial charge in [-0.15, -0.1) is 5.10 Å². The topological polar surface area (TPSA) is 63.3 Å². The molecule has 1 fully saturated rings. The van der Waals surface area contributed by atoms with Gasteiger partial charge in [-0.2, -0.15) is 4.68 Å². The van der Waals surface area contributed by atoms with Gasteiger partial charge in [0.2, 0.25) is 11.1 Å². The summed E-state index contributed by atoms with van der Waals surface area (Å²) >= 11 is 7.07. The van der Waals surface area contributed by atoms with E-state index in [0.717, 1.165) is 53.6 Å². The molecule has 28 heavy (non-hydrogen) atoms. The van der Waals surface area contributed by atoms with Crippen LogP contribution >= 0.6 is 23.6 Å². The van der Waals surface area contributed by atoms with Crippen LogP contribution in [0.5, 0.6) is 0 Å².